The van der Waals surface area contributed by atoms with E-state index in [9.17, 15) is 43.2 Å². The van der Waals surface area contributed by atoms with Crippen molar-refractivity contribution >= 4 is 39.5 Å². The van der Waals surface area contributed by atoms with Crippen LogP contribution in [0.1, 0.15) is 350 Å². The molecule has 0 fully saturated rings. The number of hydrogen-bond donors (Lipinski definition) is 3. The first-order chi connectivity index (χ1) is 42.4. The highest BCUT2D eigenvalue weighted by Crippen LogP contribution is 2.45. The Morgan fingerprint density at radius 1 is 0.307 bits per heavy atom. The van der Waals surface area contributed by atoms with Gasteiger partial charge in [0.2, 0.25) is 0 Å². The van der Waals surface area contributed by atoms with Gasteiger partial charge in [-0.1, -0.05) is 298 Å². The number of unbranched alkanes of at least 4 members (excludes halogenated alkanes) is 38. The molecule has 0 radical (unpaired) electrons. The standard InChI is InChI=1S/C69H134O17P2/c1-7-9-11-13-15-16-28-35-41-47-53-68(73)85-64(57-79-66(71)51-45-39-31-14-12-10-8-2)59-83-87(75,76)81-55-63(70)56-82-88(77,78)84-60-65(58-80-67(72)52-46-40-34-30-25-27-33-38-44-50-62(5)6)86-69(74)54-48-42-36-29-24-22-20-18-17-19-21-23-26-32-37-43-49-61(3)4/h61-65,70H,7-60H2,1-6H3,(H,75,76)(H,77,78)/t63-,64+,65+/m0/s1. The third-order valence-electron chi connectivity index (χ3n) is 16.0. The molecular weight excluding hydrogens is 1160 g/mol. The lowest BCUT2D eigenvalue weighted by molar-refractivity contribution is -0.161. The molecule has 0 aromatic rings. The molecule has 3 N–H and O–H groups in total. The van der Waals surface area contributed by atoms with Crippen LogP contribution < -0.4 is 0 Å². The Hall–Kier alpha value is -1.94. The smallest absolute Gasteiger partial charge is 0.462 e. The van der Waals surface area contributed by atoms with Crippen molar-refractivity contribution in [1.82, 2.24) is 0 Å². The van der Waals surface area contributed by atoms with Crippen LogP contribution in [0.15, 0.2) is 0 Å². The van der Waals surface area contributed by atoms with Gasteiger partial charge < -0.3 is 33.8 Å². The van der Waals surface area contributed by atoms with Gasteiger partial charge >= 0.3 is 39.5 Å². The second kappa shape index (κ2) is 61.3. The molecule has 88 heavy (non-hydrogen) atoms. The van der Waals surface area contributed by atoms with Gasteiger partial charge in [-0.3, -0.25) is 37.3 Å². The lowest BCUT2D eigenvalue weighted by Gasteiger charge is -2.21. The van der Waals surface area contributed by atoms with E-state index < -0.39 is 97.5 Å². The Kier molecular flexibility index (Phi) is 59.9. The van der Waals surface area contributed by atoms with Crippen LogP contribution in [0.5, 0.6) is 0 Å². The largest absolute Gasteiger partial charge is 0.472 e. The van der Waals surface area contributed by atoms with Gasteiger partial charge in [0.15, 0.2) is 12.2 Å². The van der Waals surface area contributed by atoms with Gasteiger partial charge in [0.05, 0.1) is 26.4 Å². The second-order valence-corrected chi connectivity index (χ2v) is 28.8. The van der Waals surface area contributed by atoms with Crippen LogP contribution in [-0.2, 0) is 65.4 Å². The Bertz CT molecular complexity index is 1720. The van der Waals surface area contributed by atoms with Gasteiger partial charge in [0.1, 0.15) is 19.3 Å². The number of phosphoric ester groups is 2. The van der Waals surface area contributed by atoms with Crippen LogP contribution in [0.4, 0.5) is 0 Å². The van der Waals surface area contributed by atoms with Crippen LogP contribution in [0.2, 0.25) is 0 Å². The molecule has 0 bridgehead atoms. The van der Waals surface area contributed by atoms with Gasteiger partial charge in [-0.25, -0.2) is 9.13 Å². The number of carbonyl (C=O) groups excluding carboxylic acids is 4. The molecule has 17 nitrogen and oxygen atoms in total. The fourth-order valence-electron chi connectivity index (χ4n) is 10.4. The van der Waals surface area contributed by atoms with E-state index in [0.717, 1.165) is 115 Å². The molecule has 0 rings (SSSR count). The number of rotatable bonds is 68. The topological polar surface area (TPSA) is 237 Å². The van der Waals surface area contributed by atoms with E-state index in [0.29, 0.717) is 25.7 Å². The summed E-state index contributed by atoms with van der Waals surface area (Å²) >= 11 is 0. The van der Waals surface area contributed by atoms with Gasteiger partial charge in [-0.05, 0) is 37.5 Å². The number of phosphoric acid groups is 2. The highest BCUT2D eigenvalue weighted by Gasteiger charge is 2.30. The fraction of sp³-hybridized carbons (Fsp3) is 0.942. The summed E-state index contributed by atoms with van der Waals surface area (Å²) in [5.74, 6) is -0.578. The third-order valence-corrected chi connectivity index (χ3v) is 17.9. The molecule has 0 saturated carbocycles. The number of hydrogen-bond acceptors (Lipinski definition) is 15. The molecule has 0 aromatic carbocycles. The molecule has 0 spiro atoms. The minimum absolute atomic E-state index is 0.106. The van der Waals surface area contributed by atoms with E-state index >= 15 is 0 Å². The van der Waals surface area contributed by atoms with Crippen LogP contribution in [0.25, 0.3) is 0 Å². The molecule has 0 amide bonds. The highest BCUT2D eigenvalue weighted by molar-refractivity contribution is 7.47. The molecule has 0 saturated heterocycles. The predicted octanol–water partition coefficient (Wildman–Crippen LogP) is 19.6. The lowest BCUT2D eigenvalue weighted by atomic mass is 10.0. The van der Waals surface area contributed by atoms with Crippen LogP contribution in [0.3, 0.4) is 0 Å². The zero-order valence-electron chi connectivity index (χ0n) is 57.0. The number of ether oxygens (including phenoxy) is 4. The highest BCUT2D eigenvalue weighted by atomic mass is 31.2. The zero-order valence-corrected chi connectivity index (χ0v) is 58.8. The van der Waals surface area contributed by atoms with E-state index in [-0.39, 0.29) is 25.7 Å². The van der Waals surface area contributed by atoms with Gasteiger partial charge in [-0.2, -0.15) is 0 Å². The van der Waals surface area contributed by atoms with E-state index in [1.165, 1.54) is 154 Å². The summed E-state index contributed by atoms with van der Waals surface area (Å²) in [6.07, 6.45) is 46.0. The average Bonchev–Trinajstić information content (AvgIpc) is 3.55. The molecule has 0 aromatic heterocycles. The first kappa shape index (κ1) is 86.1. The summed E-state index contributed by atoms with van der Waals surface area (Å²) in [5.41, 5.74) is 0. The quantitative estimate of drug-likeness (QED) is 0.0222. The first-order valence-corrected chi connectivity index (χ1v) is 39.0. The van der Waals surface area contributed by atoms with E-state index in [4.69, 9.17) is 37.0 Å². The van der Waals surface area contributed by atoms with Crippen molar-refractivity contribution in [1.29, 1.82) is 0 Å². The summed E-state index contributed by atoms with van der Waals surface area (Å²) in [4.78, 5) is 72.3. The van der Waals surface area contributed by atoms with Crippen molar-refractivity contribution in [3.63, 3.8) is 0 Å². The SMILES string of the molecule is CCCCCCCCCCCCC(=O)O[C@H](COC(=O)CCCCCCCCC)COP(=O)(O)OC[C@H](O)COP(=O)(O)OC[C@@H](COC(=O)CCCCCCCCCCCC(C)C)OC(=O)CCCCCCCCCCCCCCCCCCC(C)C. The van der Waals surface area contributed by atoms with E-state index in [1.54, 1.807) is 0 Å². The Labute approximate surface area is 537 Å². The molecule has 0 aliphatic carbocycles. The maximum atomic E-state index is 13.0. The average molecular weight is 1300 g/mol. The summed E-state index contributed by atoms with van der Waals surface area (Å²) < 4.78 is 68.1. The minimum Gasteiger partial charge on any atom is -0.462 e. The minimum atomic E-state index is -4.95. The number of aliphatic hydroxyl groups is 1. The van der Waals surface area contributed by atoms with Crippen molar-refractivity contribution in [2.24, 2.45) is 11.8 Å². The molecule has 19 heteroatoms. The Morgan fingerprint density at radius 2 is 0.523 bits per heavy atom. The summed E-state index contributed by atoms with van der Waals surface area (Å²) in [6, 6.07) is 0. The van der Waals surface area contributed by atoms with E-state index in [2.05, 4.69) is 41.5 Å². The lowest BCUT2D eigenvalue weighted by Crippen LogP contribution is -2.30. The van der Waals surface area contributed by atoms with Crippen LogP contribution >= 0.6 is 15.6 Å². The molecular formula is C69H134O17P2. The van der Waals surface area contributed by atoms with Crippen LogP contribution in [-0.4, -0.2) is 96.7 Å². The molecule has 0 aliphatic rings. The maximum Gasteiger partial charge on any atom is 0.472 e. The second-order valence-electron chi connectivity index (χ2n) is 25.9. The molecule has 0 heterocycles. The summed E-state index contributed by atoms with van der Waals surface area (Å²) in [6.45, 7) is 9.50. The zero-order chi connectivity index (χ0) is 65.0. The van der Waals surface area contributed by atoms with Crippen molar-refractivity contribution in [2.75, 3.05) is 39.6 Å². The van der Waals surface area contributed by atoms with Crippen molar-refractivity contribution in [3.05, 3.63) is 0 Å². The number of aliphatic hydroxyl groups excluding tert-OH is 1. The van der Waals surface area contributed by atoms with Crippen molar-refractivity contribution < 1.29 is 80.2 Å². The molecule has 2 unspecified atom stereocenters. The van der Waals surface area contributed by atoms with Crippen LogP contribution in [0, 0.1) is 11.8 Å². The van der Waals surface area contributed by atoms with E-state index in [1.807, 2.05) is 0 Å². The number of carbonyl (C=O) groups is 4. The van der Waals surface area contributed by atoms with Crippen molar-refractivity contribution in [3.8, 4) is 0 Å². The third kappa shape index (κ3) is 62.8. The monoisotopic (exact) mass is 1300 g/mol. The first-order valence-electron chi connectivity index (χ1n) is 36.0. The van der Waals surface area contributed by atoms with Gasteiger partial charge in [0.25, 0.3) is 0 Å². The number of esters is 4. The Balaban J connectivity index is 5.17. The molecule has 522 valence electrons. The summed E-state index contributed by atoms with van der Waals surface area (Å²) in [7, 11) is -9.89. The van der Waals surface area contributed by atoms with Gasteiger partial charge in [0, 0.05) is 25.7 Å². The summed E-state index contributed by atoms with van der Waals surface area (Å²) in [5, 5.41) is 10.6. The maximum absolute atomic E-state index is 13.0. The fourth-order valence-corrected chi connectivity index (χ4v) is 12.0. The van der Waals surface area contributed by atoms with Gasteiger partial charge in [-0.15, -0.1) is 0 Å². The molecule has 0 aliphatic heterocycles. The molecule has 5 atom stereocenters. The Morgan fingerprint density at radius 3 is 0.773 bits per heavy atom. The normalized spacial score (nSPS) is 14.2. The van der Waals surface area contributed by atoms with Crippen molar-refractivity contribution in [2.45, 2.75) is 368 Å². The predicted molar refractivity (Wildman–Crippen MR) is 354 cm³/mol.